The van der Waals surface area contributed by atoms with Gasteiger partial charge in [-0.2, -0.15) is 13.2 Å². The van der Waals surface area contributed by atoms with E-state index in [4.69, 9.17) is 0 Å². The van der Waals surface area contributed by atoms with Crippen molar-refractivity contribution in [3.63, 3.8) is 0 Å². The summed E-state index contributed by atoms with van der Waals surface area (Å²) in [6.07, 6.45) is -2.67. The van der Waals surface area contributed by atoms with Crippen LogP contribution in [0.2, 0.25) is 0 Å². The third-order valence-electron chi connectivity index (χ3n) is 4.83. The number of para-hydroxylation sites is 1. The van der Waals surface area contributed by atoms with Gasteiger partial charge in [-0.15, -0.1) is 0 Å². The molecular formula is C24H18F3N3O. The number of hydrogen-bond acceptors (Lipinski definition) is 3. The molecule has 0 atom stereocenters. The fourth-order valence-corrected chi connectivity index (χ4v) is 3.29. The van der Waals surface area contributed by atoms with E-state index >= 15 is 0 Å². The standard InChI is InChI=1S/C24H18F3N3O/c25-24(26,27)19-8-4-6-17(13-19)21-11-10-16-5-3-7-18(23(16)30-21)14-22(31)29-15-20-9-1-2-12-28-20/h1-13H,14-15H2,(H,29,31). The summed E-state index contributed by atoms with van der Waals surface area (Å²) in [4.78, 5) is 21.2. The van der Waals surface area contributed by atoms with Gasteiger partial charge < -0.3 is 5.32 Å². The summed E-state index contributed by atoms with van der Waals surface area (Å²) >= 11 is 0. The molecule has 1 amide bonds. The lowest BCUT2D eigenvalue weighted by Crippen LogP contribution is -2.25. The Bertz CT molecular complexity index is 1220. The number of benzene rings is 2. The lowest BCUT2D eigenvalue weighted by molar-refractivity contribution is -0.137. The topological polar surface area (TPSA) is 54.9 Å². The fourth-order valence-electron chi connectivity index (χ4n) is 3.29. The highest BCUT2D eigenvalue weighted by Gasteiger charge is 2.30. The van der Waals surface area contributed by atoms with Gasteiger partial charge in [-0.1, -0.05) is 42.5 Å². The molecule has 2 heterocycles. The second-order valence-electron chi connectivity index (χ2n) is 7.04. The number of fused-ring (bicyclic) bond motifs is 1. The average Bonchev–Trinajstić information content (AvgIpc) is 2.78. The molecule has 1 N–H and O–H groups in total. The Balaban J connectivity index is 1.60. The third kappa shape index (κ3) is 4.88. The van der Waals surface area contributed by atoms with Crippen molar-refractivity contribution < 1.29 is 18.0 Å². The van der Waals surface area contributed by atoms with Crippen molar-refractivity contribution in [1.29, 1.82) is 0 Å². The molecule has 156 valence electrons. The van der Waals surface area contributed by atoms with E-state index in [2.05, 4.69) is 15.3 Å². The van der Waals surface area contributed by atoms with Gasteiger partial charge in [0, 0.05) is 17.1 Å². The van der Waals surface area contributed by atoms with Crippen LogP contribution in [0.1, 0.15) is 16.8 Å². The molecule has 2 aromatic carbocycles. The molecule has 0 aliphatic rings. The summed E-state index contributed by atoms with van der Waals surface area (Å²) in [7, 11) is 0. The molecule has 0 aliphatic heterocycles. The van der Waals surface area contributed by atoms with Crippen LogP contribution in [0.4, 0.5) is 13.2 Å². The number of aromatic nitrogens is 2. The van der Waals surface area contributed by atoms with Crippen LogP contribution in [0.25, 0.3) is 22.2 Å². The summed E-state index contributed by atoms with van der Waals surface area (Å²) in [6.45, 7) is 0.313. The Labute approximate surface area is 176 Å². The van der Waals surface area contributed by atoms with Gasteiger partial charge in [0.05, 0.1) is 35.4 Å². The van der Waals surface area contributed by atoms with Gasteiger partial charge in [-0.3, -0.25) is 9.78 Å². The molecule has 0 aliphatic carbocycles. The molecule has 0 spiro atoms. The van der Waals surface area contributed by atoms with E-state index in [-0.39, 0.29) is 12.3 Å². The molecule has 4 aromatic rings. The number of nitrogens with one attached hydrogen (secondary N) is 1. The van der Waals surface area contributed by atoms with E-state index in [1.807, 2.05) is 24.3 Å². The average molecular weight is 421 g/mol. The molecule has 0 fully saturated rings. The Hall–Kier alpha value is -3.74. The molecule has 0 radical (unpaired) electrons. The molecule has 0 bridgehead atoms. The van der Waals surface area contributed by atoms with Crippen molar-refractivity contribution in [2.45, 2.75) is 19.1 Å². The summed E-state index contributed by atoms with van der Waals surface area (Å²) in [5, 5.41) is 3.64. The molecule has 4 rings (SSSR count). The van der Waals surface area contributed by atoms with Crippen LogP contribution in [-0.4, -0.2) is 15.9 Å². The zero-order valence-corrected chi connectivity index (χ0v) is 16.4. The predicted molar refractivity (Wildman–Crippen MR) is 112 cm³/mol. The van der Waals surface area contributed by atoms with Crippen molar-refractivity contribution in [2.24, 2.45) is 0 Å². The summed E-state index contributed by atoms with van der Waals surface area (Å²) in [5.41, 5.74) is 2.09. The van der Waals surface area contributed by atoms with Crippen molar-refractivity contribution in [3.05, 3.63) is 95.8 Å². The first kappa shape index (κ1) is 20.5. The largest absolute Gasteiger partial charge is 0.416 e. The van der Waals surface area contributed by atoms with Gasteiger partial charge >= 0.3 is 6.18 Å². The second-order valence-corrected chi connectivity index (χ2v) is 7.04. The van der Waals surface area contributed by atoms with Gasteiger partial charge in [0.25, 0.3) is 0 Å². The van der Waals surface area contributed by atoms with Crippen LogP contribution >= 0.6 is 0 Å². The van der Waals surface area contributed by atoms with Crippen LogP contribution in [-0.2, 0) is 23.9 Å². The number of alkyl halides is 3. The quantitative estimate of drug-likeness (QED) is 0.483. The van der Waals surface area contributed by atoms with Crippen molar-refractivity contribution in [2.75, 3.05) is 0 Å². The highest BCUT2D eigenvalue weighted by Crippen LogP contribution is 2.32. The number of carbonyl (C=O) groups excluding carboxylic acids is 1. The first-order valence-corrected chi connectivity index (χ1v) is 9.63. The lowest BCUT2D eigenvalue weighted by atomic mass is 10.0. The van der Waals surface area contributed by atoms with Gasteiger partial charge in [0.1, 0.15) is 0 Å². The maximum Gasteiger partial charge on any atom is 0.416 e. The smallest absolute Gasteiger partial charge is 0.350 e. The number of nitrogens with zero attached hydrogens (tertiary/aromatic N) is 2. The minimum atomic E-state index is -4.43. The van der Waals surface area contributed by atoms with Crippen LogP contribution in [0.3, 0.4) is 0 Å². The molecular weight excluding hydrogens is 403 g/mol. The SMILES string of the molecule is O=C(Cc1cccc2ccc(-c3cccc(C(F)(F)F)c3)nc12)NCc1ccccn1. The van der Waals surface area contributed by atoms with Crippen molar-refractivity contribution in [3.8, 4) is 11.3 Å². The third-order valence-corrected chi connectivity index (χ3v) is 4.83. The highest BCUT2D eigenvalue weighted by atomic mass is 19.4. The zero-order valence-electron chi connectivity index (χ0n) is 16.4. The van der Waals surface area contributed by atoms with E-state index < -0.39 is 11.7 Å². The number of rotatable bonds is 5. The predicted octanol–water partition coefficient (Wildman–Crippen LogP) is 5.17. The van der Waals surface area contributed by atoms with Crippen molar-refractivity contribution >= 4 is 16.8 Å². The molecule has 4 nitrogen and oxygen atoms in total. The Morgan fingerprint density at radius 1 is 0.935 bits per heavy atom. The molecule has 31 heavy (non-hydrogen) atoms. The number of hydrogen-bond donors (Lipinski definition) is 1. The minimum Gasteiger partial charge on any atom is -0.350 e. The van der Waals surface area contributed by atoms with Gasteiger partial charge in [0.2, 0.25) is 5.91 Å². The van der Waals surface area contributed by atoms with Crippen LogP contribution < -0.4 is 5.32 Å². The molecule has 0 saturated heterocycles. The number of amides is 1. The summed E-state index contributed by atoms with van der Waals surface area (Å²) in [6, 6.07) is 19.5. The van der Waals surface area contributed by atoms with Gasteiger partial charge in [-0.05, 0) is 35.9 Å². The first-order valence-electron chi connectivity index (χ1n) is 9.63. The highest BCUT2D eigenvalue weighted by molar-refractivity contribution is 5.89. The first-order chi connectivity index (χ1) is 14.9. The Morgan fingerprint density at radius 3 is 2.55 bits per heavy atom. The monoisotopic (exact) mass is 421 g/mol. The molecule has 7 heteroatoms. The van der Waals surface area contributed by atoms with E-state index in [0.717, 1.165) is 23.2 Å². The Morgan fingerprint density at radius 2 is 1.77 bits per heavy atom. The second kappa shape index (κ2) is 8.55. The maximum absolute atomic E-state index is 13.1. The molecule has 0 unspecified atom stereocenters. The van der Waals surface area contributed by atoms with Crippen LogP contribution in [0, 0.1) is 0 Å². The van der Waals surface area contributed by atoms with Gasteiger partial charge in [0.15, 0.2) is 0 Å². The number of pyridine rings is 2. The summed E-state index contributed by atoms with van der Waals surface area (Å²) < 4.78 is 39.2. The fraction of sp³-hybridized carbons (Fsp3) is 0.125. The van der Waals surface area contributed by atoms with Crippen LogP contribution in [0.15, 0.2) is 79.0 Å². The number of halogens is 3. The zero-order chi connectivity index (χ0) is 21.8. The Kier molecular flexibility index (Phi) is 5.66. The van der Waals surface area contributed by atoms with Crippen molar-refractivity contribution in [1.82, 2.24) is 15.3 Å². The minimum absolute atomic E-state index is 0.100. The molecule has 0 saturated carbocycles. The summed E-state index contributed by atoms with van der Waals surface area (Å²) in [5.74, 6) is -0.190. The maximum atomic E-state index is 13.1. The van der Waals surface area contributed by atoms with E-state index in [1.165, 1.54) is 6.07 Å². The lowest BCUT2D eigenvalue weighted by Gasteiger charge is -2.11. The van der Waals surface area contributed by atoms with Gasteiger partial charge in [-0.25, -0.2) is 4.98 Å². The molecule has 2 aromatic heterocycles. The van der Waals surface area contributed by atoms with E-state index in [9.17, 15) is 18.0 Å². The normalized spacial score (nSPS) is 11.5. The van der Waals surface area contributed by atoms with Crippen LogP contribution in [0.5, 0.6) is 0 Å². The van der Waals surface area contributed by atoms with E-state index in [1.54, 1.807) is 36.5 Å². The van der Waals surface area contributed by atoms with E-state index in [0.29, 0.717) is 28.9 Å². The number of carbonyl (C=O) groups is 1.